The zero-order valence-electron chi connectivity index (χ0n) is 23.7. The molecule has 3 aromatic rings. The van der Waals surface area contributed by atoms with Gasteiger partial charge in [0.15, 0.2) is 6.04 Å². The first kappa shape index (κ1) is 35.4. The Bertz CT molecular complexity index is 1260. The summed E-state index contributed by atoms with van der Waals surface area (Å²) in [6, 6.07) is 14.8. The zero-order valence-corrected chi connectivity index (χ0v) is 25.3. The van der Waals surface area contributed by atoms with E-state index >= 15 is 0 Å². The highest BCUT2D eigenvalue weighted by atomic mass is 35.5. The SMILES string of the molecule is COc1ccc(C(C(=O)N(C)C)n2cc(NC(=O)[C@@H](COCc3ccccc3)NC(=O)C(C)(C)N)cn2)cc1.Cl.Cl. The summed E-state index contributed by atoms with van der Waals surface area (Å²) in [5, 5.41) is 9.76. The van der Waals surface area contributed by atoms with E-state index in [1.165, 1.54) is 15.8 Å². The van der Waals surface area contributed by atoms with E-state index in [2.05, 4.69) is 15.7 Å². The van der Waals surface area contributed by atoms with Crippen molar-refractivity contribution in [3.8, 4) is 5.75 Å². The van der Waals surface area contributed by atoms with Crippen LogP contribution in [-0.4, -0.2) is 71.8 Å². The Hall–Kier alpha value is -3.64. The molecule has 3 rings (SSSR count). The summed E-state index contributed by atoms with van der Waals surface area (Å²) in [6.07, 6.45) is 3.00. The number of hydrogen-bond donors (Lipinski definition) is 3. The second kappa shape index (κ2) is 16.0. The van der Waals surface area contributed by atoms with E-state index in [0.717, 1.165) is 5.56 Å². The zero-order chi connectivity index (χ0) is 28.6. The number of nitrogens with one attached hydrogen (secondary N) is 2. The third-order valence-corrected chi connectivity index (χ3v) is 5.84. The predicted octanol–water partition coefficient (Wildman–Crippen LogP) is 2.79. The second-order valence-corrected chi connectivity index (χ2v) is 9.86. The van der Waals surface area contributed by atoms with Crippen LogP contribution in [0.2, 0.25) is 0 Å². The number of nitrogens with zero attached hydrogens (tertiary/aromatic N) is 3. The van der Waals surface area contributed by atoms with Crippen molar-refractivity contribution in [1.29, 1.82) is 0 Å². The molecule has 1 unspecified atom stereocenters. The van der Waals surface area contributed by atoms with Gasteiger partial charge in [0, 0.05) is 20.3 Å². The Labute approximate surface area is 252 Å². The van der Waals surface area contributed by atoms with E-state index in [1.54, 1.807) is 65.5 Å². The van der Waals surface area contributed by atoms with Gasteiger partial charge in [-0.3, -0.25) is 19.1 Å². The summed E-state index contributed by atoms with van der Waals surface area (Å²) in [5.41, 5.74) is 6.70. The molecule has 0 aliphatic carbocycles. The minimum absolute atomic E-state index is 0. The molecule has 0 radical (unpaired) electrons. The molecule has 0 spiro atoms. The summed E-state index contributed by atoms with van der Waals surface area (Å²) in [7, 11) is 4.89. The highest BCUT2D eigenvalue weighted by Gasteiger charge is 2.29. The van der Waals surface area contributed by atoms with E-state index in [-0.39, 0.29) is 43.9 Å². The number of halogens is 2. The molecular formula is C28H38Cl2N6O5. The van der Waals surface area contributed by atoms with E-state index in [0.29, 0.717) is 17.0 Å². The number of aromatic nitrogens is 2. The maximum atomic E-state index is 13.2. The van der Waals surface area contributed by atoms with Crippen molar-refractivity contribution in [2.45, 2.75) is 38.1 Å². The first-order valence-corrected chi connectivity index (χ1v) is 12.4. The second-order valence-electron chi connectivity index (χ2n) is 9.86. The molecule has 1 heterocycles. The maximum absolute atomic E-state index is 13.2. The fourth-order valence-electron chi connectivity index (χ4n) is 3.61. The van der Waals surface area contributed by atoms with Gasteiger partial charge in [0.2, 0.25) is 11.8 Å². The maximum Gasteiger partial charge on any atom is 0.251 e. The Kier molecular flexibility index (Phi) is 13.8. The van der Waals surface area contributed by atoms with Gasteiger partial charge < -0.3 is 30.7 Å². The average Bonchev–Trinajstić information content (AvgIpc) is 3.36. The van der Waals surface area contributed by atoms with Crippen LogP contribution in [0.4, 0.5) is 5.69 Å². The molecule has 0 saturated carbocycles. The van der Waals surface area contributed by atoms with Crippen molar-refractivity contribution in [3.05, 3.63) is 78.1 Å². The molecule has 41 heavy (non-hydrogen) atoms. The van der Waals surface area contributed by atoms with Gasteiger partial charge in [-0.25, -0.2) is 0 Å². The number of methoxy groups -OCH3 is 1. The fourth-order valence-corrected chi connectivity index (χ4v) is 3.61. The quantitative estimate of drug-likeness (QED) is 0.287. The fraction of sp³-hybridized carbons (Fsp3) is 0.357. The van der Waals surface area contributed by atoms with Gasteiger partial charge in [-0.2, -0.15) is 5.10 Å². The lowest BCUT2D eigenvalue weighted by atomic mass is 10.1. The number of amides is 3. The summed E-state index contributed by atoms with van der Waals surface area (Å²) in [6.45, 7) is 3.28. The van der Waals surface area contributed by atoms with Gasteiger partial charge >= 0.3 is 0 Å². The van der Waals surface area contributed by atoms with Crippen molar-refractivity contribution in [1.82, 2.24) is 20.0 Å². The largest absolute Gasteiger partial charge is 0.497 e. The average molecular weight is 610 g/mol. The molecule has 13 heteroatoms. The number of carbonyl (C=O) groups is 3. The molecule has 0 aliphatic rings. The third-order valence-electron chi connectivity index (χ3n) is 5.84. The molecule has 0 aliphatic heterocycles. The molecule has 224 valence electrons. The number of rotatable bonds is 12. The summed E-state index contributed by atoms with van der Waals surface area (Å²) in [5.74, 6) is -0.560. The van der Waals surface area contributed by atoms with Crippen molar-refractivity contribution >= 4 is 48.2 Å². The van der Waals surface area contributed by atoms with Crippen LogP contribution >= 0.6 is 24.8 Å². The number of benzene rings is 2. The molecule has 0 bridgehead atoms. The number of likely N-dealkylation sites (N-methyl/N-ethyl adjacent to an activating group) is 1. The van der Waals surface area contributed by atoms with Crippen LogP contribution in [0.15, 0.2) is 67.0 Å². The van der Waals surface area contributed by atoms with Crippen molar-refractivity contribution in [2.75, 3.05) is 33.1 Å². The Morgan fingerprint density at radius 1 is 1.05 bits per heavy atom. The van der Waals surface area contributed by atoms with E-state index in [1.807, 2.05) is 30.3 Å². The Morgan fingerprint density at radius 2 is 1.68 bits per heavy atom. The van der Waals surface area contributed by atoms with E-state index < -0.39 is 29.4 Å². The van der Waals surface area contributed by atoms with Gasteiger partial charge in [0.25, 0.3) is 5.91 Å². The van der Waals surface area contributed by atoms with Gasteiger partial charge in [-0.1, -0.05) is 42.5 Å². The minimum Gasteiger partial charge on any atom is -0.497 e. The molecular weight excluding hydrogens is 571 g/mol. The standard InChI is InChI=1S/C28H36N6O5.2ClH/c1-28(2,29)27(37)32-23(18-39-17-19-9-7-6-8-10-19)25(35)31-21-15-30-34(16-21)24(26(36)33(3)4)20-11-13-22(38-5)14-12-20;;/h6-16,23-24H,17-18,29H2,1-5H3,(H,31,35)(H,32,37);2*1H/t23-,24?;;/m1../s1. The number of carbonyl (C=O) groups excluding carboxylic acids is 3. The normalized spacial score (nSPS) is 12.1. The third kappa shape index (κ3) is 10.0. The van der Waals surface area contributed by atoms with E-state index in [9.17, 15) is 14.4 Å². The monoisotopic (exact) mass is 608 g/mol. The lowest BCUT2D eigenvalue weighted by Gasteiger charge is -2.23. The van der Waals surface area contributed by atoms with Crippen LogP contribution in [0.1, 0.15) is 31.0 Å². The van der Waals surface area contributed by atoms with Gasteiger partial charge in [-0.15, -0.1) is 24.8 Å². The summed E-state index contributed by atoms with van der Waals surface area (Å²) in [4.78, 5) is 40.3. The highest BCUT2D eigenvalue weighted by Crippen LogP contribution is 2.24. The number of ether oxygens (including phenoxy) is 2. The lowest BCUT2D eigenvalue weighted by Crippen LogP contribution is -2.56. The van der Waals surface area contributed by atoms with Crippen molar-refractivity contribution < 1.29 is 23.9 Å². The predicted molar refractivity (Wildman–Crippen MR) is 161 cm³/mol. The first-order chi connectivity index (χ1) is 18.5. The minimum atomic E-state index is -1.19. The van der Waals surface area contributed by atoms with Crippen LogP contribution in [0.25, 0.3) is 0 Å². The van der Waals surface area contributed by atoms with Crippen LogP contribution in [0.5, 0.6) is 5.75 Å². The molecule has 0 fully saturated rings. The topological polar surface area (TPSA) is 141 Å². The van der Waals surface area contributed by atoms with Crippen LogP contribution in [-0.2, 0) is 25.7 Å². The Balaban J connectivity index is 0.00000420. The number of anilines is 1. The summed E-state index contributed by atoms with van der Waals surface area (Å²) < 4.78 is 12.4. The molecule has 4 N–H and O–H groups in total. The molecule has 2 aromatic carbocycles. The van der Waals surface area contributed by atoms with Crippen LogP contribution in [0, 0.1) is 0 Å². The van der Waals surface area contributed by atoms with Gasteiger partial charge in [-0.05, 0) is 37.1 Å². The molecule has 0 saturated heterocycles. The Morgan fingerprint density at radius 3 is 2.24 bits per heavy atom. The van der Waals surface area contributed by atoms with Gasteiger partial charge in [0.1, 0.15) is 11.8 Å². The first-order valence-electron chi connectivity index (χ1n) is 12.4. The molecule has 2 atom stereocenters. The smallest absolute Gasteiger partial charge is 0.251 e. The van der Waals surface area contributed by atoms with Crippen LogP contribution in [0.3, 0.4) is 0 Å². The summed E-state index contributed by atoms with van der Waals surface area (Å²) >= 11 is 0. The van der Waals surface area contributed by atoms with Gasteiger partial charge in [0.05, 0.1) is 37.7 Å². The lowest BCUT2D eigenvalue weighted by molar-refractivity contribution is -0.131. The number of nitrogens with two attached hydrogens (primary N) is 1. The van der Waals surface area contributed by atoms with Crippen molar-refractivity contribution in [2.24, 2.45) is 5.73 Å². The van der Waals surface area contributed by atoms with E-state index in [4.69, 9.17) is 15.2 Å². The molecule has 1 aromatic heterocycles. The molecule has 3 amide bonds. The molecule has 11 nitrogen and oxygen atoms in total. The number of hydrogen-bond acceptors (Lipinski definition) is 7. The van der Waals surface area contributed by atoms with Crippen LogP contribution < -0.4 is 21.1 Å². The highest BCUT2D eigenvalue weighted by molar-refractivity contribution is 5.98. The van der Waals surface area contributed by atoms with Crippen molar-refractivity contribution in [3.63, 3.8) is 0 Å².